The van der Waals surface area contributed by atoms with Gasteiger partial charge in [-0.2, -0.15) is 0 Å². The van der Waals surface area contributed by atoms with Crippen LogP contribution >= 0.6 is 11.8 Å². The number of benzene rings is 1. The van der Waals surface area contributed by atoms with Gasteiger partial charge in [-0.25, -0.2) is 0 Å². The number of aliphatic carboxylic acids is 2. The van der Waals surface area contributed by atoms with Gasteiger partial charge < -0.3 is 20.3 Å². The zero-order valence-corrected chi connectivity index (χ0v) is 12.3. The summed E-state index contributed by atoms with van der Waals surface area (Å²) >= 11 is 1.50. The number of carboxylic acid groups (broad SMARTS) is 2. The summed E-state index contributed by atoms with van der Waals surface area (Å²) in [4.78, 5) is 23.1. The number of rotatable bonds is 6. The van der Waals surface area contributed by atoms with E-state index in [0.717, 1.165) is 10.6 Å². The van der Waals surface area contributed by atoms with Crippen molar-refractivity contribution in [1.82, 2.24) is 5.32 Å². The summed E-state index contributed by atoms with van der Waals surface area (Å²) in [6, 6.07) is 6.61. The van der Waals surface area contributed by atoms with Crippen molar-refractivity contribution in [2.24, 2.45) is 5.92 Å². The molecule has 3 N–H and O–H groups in total. The number of thioether (sulfide) groups is 1. The highest BCUT2D eigenvalue weighted by molar-refractivity contribution is 8.00. The maximum absolute atomic E-state index is 11.2. The summed E-state index contributed by atoms with van der Waals surface area (Å²) in [5.41, 5.74) is 0. The molecule has 3 atom stereocenters. The lowest BCUT2D eigenvalue weighted by molar-refractivity contribution is -0.141. The molecule has 6 nitrogen and oxygen atoms in total. The second-order valence-electron chi connectivity index (χ2n) is 4.82. The first-order chi connectivity index (χ1) is 10.0. The minimum Gasteiger partial charge on any atom is -0.497 e. The zero-order valence-electron chi connectivity index (χ0n) is 11.5. The fraction of sp³-hybridized carbons (Fsp3) is 0.429. The molecule has 0 aromatic heterocycles. The van der Waals surface area contributed by atoms with Crippen LogP contribution in [0.3, 0.4) is 0 Å². The van der Waals surface area contributed by atoms with Crippen molar-refractivity contribution in [3.63, 3.8) is 0 Å². The molecule has 1 aliphatic heterocycles. The lowest BCUT2D eigenvalue weighted by Crippen LogP contribution is -2.37. The molecular weight excluding hydrogens is 294 g/mol. The summed E-state index contributed by atoms with van der Waals surface area (Å²) < 4.78 is 5.08. The van der Waals surface area contributed by atoms with Crippen molar-refractivity contribution >= 4 is 23.7 Å². The minimum atomic E-state index is -1.00. The van der Waals surface area contributed by atoms with Gasteiger partial charge in [0.25, 0.3) is 0 Å². The third-order valence-corrected chi connectivity index (χ3v) is 4.83. The molecule has 1 aromatic carbocycles. The molecular formula is C14H17NO5S. The molecule has 0 radical (unpaired) electrons. The van der Waals surface area contributed by atoms with E-state index in [-0.39, 0.29) is 11.7 Å². The Kier molecular flexibility index (Phi) is 5.08. The highest BCUT2D eigenvalue weighted by Gasteiger charge is 2.41. The molecule has 0 spiro atoms. The summed E-state index contributed by atoms with van der Waals surface area (Å²) in [5.74, 6) is -1.67. The summed E-state index contributed by atoms with van der Waals surface area (Å²) in [7, 11) is 1.59. The van der Waals surface area contributed by atoms with Gasteiger partial charge in [0, 0.05) is 22.6 Å². The van der Waals surface area contributed by atoms with Crippen molar-refractivity contribution in [2.75, 3.05) is 13.7 Å². The van der Waals surface area contributed by atoms with E-state index < -0.39 is 23.9 Å². The average molecular weight is 311 g/mol. The van der Waals surface area contributed by atoms with E-state index in [9.17, 15) is 9.59 Å². The fourth-order valence-electron chi connectivity index (χ4n) is 2.44. The van der Waals surface area contributed by atoms with Crippen molar-refractivity contribution in [3.05, 3.63) is 24.3 Å². The topological polar surface area (TPSA) is 95.9 Å². The quantitative estimate of drug-likeness (QED) is 0.729. The molecule has 7 heteroatoms. The molecule has 114 valence electrons. The fourth-order valence-corrected chi connectivity index (χ4v) is 3.69. The van der Waals surface area contributed by atoms with E-state index in [1.165, 1.54) is 11.8 Å². The summed E-state index contributed by atoms with van der Waals surface area (Å²) in [5, 5.41) is 21.0. The first-order valence-electron chi connectivity index (χ1n) is 6.50. The molecule has 1 saturated heterocycles. The maximum Gasteiger partial charge on any atom is 0.321 e. The molecule has 1 heterocycles. The first kappa shape index (κ1) is 15.7. The molecule has 0 aliphatic carbocycles. The van der Waals surface area contributed by atoms with Crippen LogP contribution in [0.1, 0.15) is 6.42 Å². The van der Waals surface area contributed by atoms with Crippen molar-refractivity contribution in [3.8, 4) is 5.75 Å². The van der Waals surface area contributed by atoms with Crippen molar-refractivity contribution in [2.45, 2.75) is 22.6 Å². The predicted molar refractivity (Wildman–Crippen MR) is 77.8 cm³/mol. The van der Waals surface area contributed by atoms with Crippen molar-refractivity contribution in [1.29, 1.82) is 0 Å². The maximum atomic E-state index is 11.2. The number of nitrogens with one attached hydrogen (secondary N) is 1. The van der Waals surface area contributed by atoms with Crippen LogP contribution in [-0.4, -0.2) is 47.1 Å². The van der Waals surface area contributed by atoms with Crippen molar-refractivity contribution < 1.29 is 24.5 Å². The molecule has 0 unspecified atom stereocenters. The van der Waals surface area contributed by atoms with E-state index >= 15 is 0 Å². The Bertz CT molecular complexity index is 519. The Balaban J connectivity index is 2.09. The number of hydrogen-bond acceptors (Lipinski definition) is 5. The standard InChI is InChI=1S/C14H17NO5S/c1-20-8-2-4-9(5-3-8)21-11-7-15-13(14(18)19)10(11)6-12(16)17/h2-5,10-11,13,15H,6-7H2,1H3,(H,16,17)(H,18,19)/t10-,11-,13-/m0/s1. The molecule has 0 bridgehead atoms. The number of hydrogen-bond donors (Lipinski definition) is 3. The Morgan fingerprint density at radius 3 is 2.52 bits per heavy atom. The van der Waals surface area contributed by atoms with E-state index in [1.807, 2.05) is 24.3 Å². The lowest BCUT2D eigenvalue weighted by atomic mass is 9.96. The molecule has 1 aliphatic rings. The van der Waals surface area contributed by atoms with Gasteiger partial charge >= 0.3 is 11.9 Å². The van der Waals surface area contributed by atoms with Gasteiger partial charge in [0.2, 0.25) is 0 Å². The molecule has 2 rings (SSSR count). The lowest BCUT2D eigenvalue weighted by Gasteiger charge is -2.19. The average Bonchev–Trinajstić information content (AvgIpc) is 2.82. The highest BCUT2D eigenvalue weighted by Crippen LogP contribution is 2.35. The Hall–Kier alpha value is -1.73. The van der Waals surface area contributed by atoms with E-state index in [4.69, 9.17) is 14.9 Å². The van der Waals surface area contributed by atoms with Crippen LogP contribution < -0.4 is 10.1 Å². The second-order valence-corrected chi connectivity index (χ2v) is 6.13. The van der Waals surface area contributed by atoms with Gasteiger partial charge in [-0.15, -0.1) is 11.8 Å². The second kappa shape index (κ2) is 6.82. The van der Waals surface area contributed by atoms with Crippen LogP contribution in [-0.2, 0) is 9.59 Å². The SMILES string of the molecule is COc1ccc(S[C@H]2CN[C@H](C(=O)O)[C@H]2CC(=O)O)cc1. The zero-order chi connectivity index (χ0) is 15.4. The molecule has 0 saturated carbocycles. The first-order valence-corrected chi connectivity index (χ1v) is 7.38. The van der Waals surface area contributed by atoms with E-state index in [0.29, 0.717) is 6.54 Å². The third-order valence-electron chi connectivity index (χ3n) is 3.47. The summed E-state index contributed by atoms with van der Waals surface area (Å²) in [6.07, 6.45) is -0.155. The number of carboxylic acids is 2. The number of ether oxygens (including phenoxy) is 1. The summed E-state index contributed by atoms with van der Waals surface area (Å²) in [6.45, 7) is 0.478. The minimum absolute atomic E-state index is 0.0874. The van der Waals surface area contributed by atoms with Crippen LogP contribution in [0.4, 0.5) is 0 Å². The van der Waals surface area contributed by atoms with Gasteiger partial charge in [0.15, 0.2) is 0 Å². The van der Waals surface area contributed by atoms with Crippen LogP contribution in [0.2, 0.25) is 0 Å². The van der Waals surface area contributed by atoms with Crippen LogP contribution in [0.15, 0.2) is 29.2 Å². The van der Waals surface area contributed by atoms with Crippen LogP contribution in [0.25, 0.3) is 0 Å². The molecule has 1 fully saturated rings. The monoisotopic (exact) mass is 311 g/mol. The van der Waals surface area contributed by atoms with Gasteiger partial charge in [0.1, 0.15) is 11.8 Å². The van der Waals surface area contributed by atoms with Gasteiger partial charge in [-0.05, 0) is 24.3 Å². The normalized spacial score (nSPS) is 24.7. The Labute approximate surface area is 126 Å². The molecule has 1 aromatic rings. The number of carbonyl (C=O) groups is 2. The van der Waals surface area contributed by atoms with Crippen LogP contribution in [0.5, 0.6) is 5.75 Å². The Morgan fingerprint density at radius 2 is 2.00 bits per heavy atom. The van der Waals surface area contributed by atoms with Crippen LogP contribution in [0, 0.1) is 5.92 Å². The van der Waals surface area contributed by atoms with Gasteiger partial charge in [-0.1, -0.05) is 0 Å². The van der Waals surface area contributed by atoms with Gasteiger partial charge in [-0.3, -0.25) is 9.59 Å². The highest BCUT2D eigenvalue weighted by atomic mass is 32.2. The molecule has 0 amide bonds. The third kappa shape index (κ3) is 3.89. The smallest absolute Gasteiger partial charge is 0.321 e. The van der Waals surface area contributed by atoms with E-state index in [1.54, 1.807) is 7.11 Å². The Morgan fingerprint density at radius 1 is 1.33 bits per heavy atom. The van der Waals surface area contributed by atoms with Gasteiger partial charge in [0.05, 0.1) is 13.5 Å². The molecule has 21 heavy (non-hydrogen) atoms. The number of methoxy groups -OCH3 is 1. The predicted octanol–water partition coefficient (Wildman–Crippen LogP) is 1.30. The van der Waals surface area contributed by atoms with E-state index in [2.05, 4.69) is 5.32 Å². The largest absolute Gasteiger partial charge is 0.497 e.